The van der Waals surface area contributed by atoms with Gasteiger partial charge in [-0.25, -0.2) is 14.4 Å². The van der Waals surface area contributed by atoms with Crippen LogP contribution in [0.15, 0.2) is 12.2 Å². The van der Waals surface area contributed by atoms with Gasteiger partial charge in [-0.05, 0) is 76.5 Å². The minimum atomic E-state index is -9.25. The predicted molar refractivity (Wildman–Crippen MR) is 166 cm³/mol. The Kier molecular flexibility index (Phi) is 16.5. The highest BCUT2D eigenvalue weighted by molar-refractivity contribution is 5.86. The normalized spacial score (nSPS) is 21.8. The largest absolute Gasteiger partial charge is 0.460 e. The van der Waals surface area contributed by atoms with Crippen molar-refractivity contribution in [3.63, 3.8) is 0 Å². The van der Waals surface area contributed by atoms with Gasteiger partial charge in [0.2, 0.25) is 0 Å². The minimum Gasteiger partial charge on any atom is -0.459 e. The van der Waals surface area contributed by atoms with Gasteiger partial charge in [-0.15, -0.1) is 0 Å². The van der Waals surface area contributed by atoms with Crippen LogP contribution < -0.4 is 10.6 Å². The third-order valence-corrected chi connectivity index (χ3v) is 10.1. The summed E-state index contributed by atoms with van der Waals surface area (Å²) in [6.45, 7) is 2.30. The highest BCUT2D eigenvalue weighted by atomic mass is 19.4. The first-order chi connectivity index (χ1) is 27.8. The van der Waals surface area contributed by atoms with Gasteiger partial charge in [-0.1, -0.05) is 6.58 Å². The monoisotopic (exact) mass is 956 g/mol. The number of alkyl halides is 21. The van der Waals surface area contributed by atoms with Gasteiger partial charge in [0.1, 0.15) is 13.2 Å². The molecule has 0 aromatic rings. The molecule has 2 rings (SSSR count). The number of rotatable bonds is 19. The number of alkyl carbamates (subject to hydrolysis) is 2. The van der Waals surface area contributed by atoms with Crippen LogP contribution >= 0.6 is 0 Å². The summed E-state index contributed by atoms with van der Waals surface area (Å²) in [6.07, 6.45) is -8.89. The Hall–Kier alpha value is -3.72. The maximum absolute atomic E-state index is 14.2. The van der Waals surface area contributed by atoms with E-state index in [-0.39, 0.29) is 49.5 Å². The molecule has 8 nitrogen and oxygen atoms in total. The number of carbonyl (C=O) groups is 3. The lowest BCUT2D eigenvalue weighted by molar-refractivity contribution is -0.474. The fraction of sp³-hybridized carbons (Fsp3) is 0.848. The fourth-order valence-corrected chi connectivity index (χ4v) is 6.38. The van der Waals surface area contributed by atoms with E-state index in [4.69, 9.17) is 9.47 Å². The topological polar surface area (TPSA) is 103 Å². The lowest BCUT2D eigenvalue weighted by Crippen LogP contribution is -2.76. The lowest BCUT2D eigenvalue weighted by Gasteiger charge is -2.44. The van der Waals surface area contributed by atoms with Crippen LogP contribution in [0.3, 0.4) is 0 Å². The molecule has 2 fully saturated rings. The molecule has 29 heteroatoms. The predicted octanol–water partition coefficient (Wildman–Crippen LogP) is 10.7. The average Bonchev–Trinajstić information content (AvgIpc) is 3.13. The van der Waals surface area contributed by atoms with Crippen molar-refractivity contribution in [3.8, 4) is 0 Å². The van der Waals surface area contributed by atoms with Crippen molar-refractivity contribution >= 4 is 18.2 Å². The van der Waals surface area contributed by atoms with Gasteiger partial charge in [-0.3, -0.25) is 0 Å². The molecule has 362 valence electrons. The SMILES string of the molecule is C=C(C)C(=O)OCCOC(=O)NC1CCC(CC2CCC(NC(=O)OCCC(F)(F)C(F)(F)C(F)(F)C(F)(F)C(F)(F)C(F)(F)C(F)(F)C(F)(F)C(F)(F)C(F)(F)F)CC2)CC1. The van der Waals surface area contributed by atoms with Gasteiger partial charge in [-0.2, -0.15) is 92.2 Å². The molecule has 0 aliphatic heterocycles. The van der Waals surface area contributed by atoms with Crippen molar-refractivity contribution < 1.29 is 121 Å². The second-order valence-electron chi connectivity index (χ2n) is 14.7. The number of amides is 2. The van der Waals surface area contributed by atoms with Crippen LogP contribution in [0.2, 0.25) is 0 Å². The Balaban J connectivity index is 1.92. The molecule has 0 aromatic heterocycles. The first kappa shape index (κ1) is 54.4. The second-order valence-corrected chi connectivity index (χ2v) is 14.7. The van der Waals surface area contributed by atoms with Gasteiger partial charge < -0.3 is 24.8 Å². The molecule has 0 spiro atoms. The van der Waals surface area contributed by atoms with E-state index in [0.717, 1.165) is 0 Å². The Morgan fingerprint density at radius 2 is 0.774 bits per heavy atom. The van der Waals surface area contributed by atoms with Gasteiger partial charge >= 0.3 is 77.6 Å². The van der Waals surface area contributed by atoms with E-state index in [2.05, 4.69) is 21.9 Å². The van der Waals surface area contributed by atoms with E-state index in [0.29, 0.717) is 44.9 Å². The summed E-state index contributed by atoms with van der Waals surface area (Å²) >= 11 is 0. The third kappa shape index (κ3) is 10.6. The molecule has 0 radical (unpaired) electrons. The Labute approximate surface area is 336 Å². The van der Waals surface area contributed by atoms with Crippen molar-refractivity contribution in [1.82, 2.24) is 10.6 Å². The zero-order valence-corrected chi connectivity index (χ0v) is 31.6. The zero-order chi connectivity index (χ0) is 48.3. The summed E-state index contributed by atoms with van der Waals surface area (Å²) in [5, 5.41) is 4.77. The maximum Gasteiger partial charge on any atom is 0.460 e. The van der Waals surface area contributed by atoms with Gasteiger partial charge in [0.05, 0.1) is 13.0 Å². The van der Waals surface area contributed by atoms with Crippen molar-refractivity contribution in [2.45, 2.75) is 143 Å². The van der Waals surface area contributed by atoms with E-state index in [1.807, 2.05) is 0 Å². The van der Waals surface area contributed by atoms with Crippen molar-refractivity contribution in [2.24, 2.45) is 11.8 Å². The van der Waals surface area contributed by atoms with E-state index < -0.39 is 96.7 Å². The number of hydrogen-bond donors (Lipinski definition) is 2. The molecule has 2 amide bonds. The number of hydrogen-bond acceptors (Lipinski definition) is 6. The highest BCUT2D eigenvalue weighted by Crippen LogP contribution is 2.66. The number of carbonyl (C=O) groups excluding carboxylic acids is 3. The van der Waals surface area contributed by atoms with E-state index in [1.165, 1.54) is 6.92 Å². The molecule has 0 atom stereocenters. The molecular weight excluding hydrogens is 919 g/mol. The molecule has 62 heavy (non-hydrogen) atoms. The summed E-state index contributed by atoms with van der Waals surface area (Å²) in [5.41, 5.74) is 0.162. The quantitative estimate of drug-likeness (QED) is 0.0440. The number of halogens is 21. The first-order valence-corrected chi connectivity index (χ1v) is 17.9. The summed E-state index contributed by atoms with van der Waals surface area (Å²) in [4.78, 5) is 35.4. The molecule has 0 aromatic carbocycles. The van der Waals surface area contributed by atoms with Gasteiger partial charge in [0.15, 0.2) is 0 Å². The summed E-state index contributed by atoms with van der Waals surface area (Å²) in [7, 11) is 0. The van der Waals surface area contributed by atoms with Crippen LogP contribution in [0.4, 0.5) is 102 Å². The maximum atomic E-state index is 14.2. The molecule has 0 unspecified atom stereocenters. The smallest absolute Gasteiger partial charge is 0.459 e. The molecule has 2 aliphatic rings. The summed E-state index contributed by atoms with van der Waals surface area (Å²) in [6, 6.07) is -0.972. The van der Waals surface area contributed by atoms with E-state index in [1.54, 1.807) is 0 Å². The van der Waals surface area contributed by atoms with Crippen molar-refractivity contribution in [1.29, 1.82) is 0 Å². The molecule has 0 heterocycles. The van der Waals surface area contributed by atoms with Crippen LogP contribution in [0.1, 0.15) is 71.1 Å². The van der Waals surface area contributed by atoms with Crippen LogP contribution in [0, 0.1) is 11.8 Å². The van der Waals surface area contributed by atoms with Gasteiger partial charge in [0, 0.05) is 17.7 Å². The highest BCUT2D eigenvalue weighted by Gasteiger charge is 2.97. The summed E-state index contributed by atoms with van der Waals surface area (Å²) < 4.78 is 299. The first-order valence-electron chi connectivity index (χ1n) is 17.9. The standard InChI is InChI=1S/C33H37F21N2O6/c1-16(2)21(57)60-13-14-62-23(59)56-20-9-5-18(6-10-20)15-17-3-7-19(8-4-17)55-22(58)61-12-11-24(34,35)25(36,37)26(38,39)27(40,41)28(42,43)29(44,45)30(46,47)31(48,49)32(50,51)33(52,53)54/h17-20H,1,3-15H2,2H3,(H,55,58)(H,56,59). The fourth-order valence-electron chi connectivity index (χ4n) is 6.38. The third-order valence-electron chi connectivity index (χ3n) is 10.1. The van der Waals surface area contributed by atoms with E-state index >= 15 is 0 Å². The Morgan fingerprint density at radius 1 is 0.468 bits per heavy atom. The molecule has 0 bridgehead atoms. The van der Waals surface area contributed by atoms with Crippen LogP contribution in [0.5, 0.6) is 0 Å². The second kappa shape index (κ2) is 18.8. The zero-order valence-electron chi connectivity index (χ0n) is 31.6. The summed E-state index contributed by atoms with van der Waals surface area (Å²) in [5.74, 6) is -78.1. The van der Waals surface area contributed by atoms with E-state index in [9.17, 15) is 107 Å². The van der Waals surface area contributed by atoms with Crippen molar-refractivity contribution in [3.05, 3.63) is 12.2 Å². The lowest BCUT2D eigenvalue weighted by atomic mass is 9.76. The number of esters is 1. The molecule has 2 saturated carbocycles. The van der Waals surface area contributed by atoms with Gasteiger partial charge in [0.25, 0.3) is 0 Å². The Morgan fingerprint density at radius 3 is 1.11 bits per heavy atom. The minimum absolute atomic E-state index is 0.0991. The molecular formula is C33H37F21N2O6. The molecule has 0 saturated heterocycles. The van der Waals surface area contributed by atoms with Crippen LogP contribution in [-0.2, 0) is 19.0 Å². The molecule has 2 aliphatic carbocycles. The average molecular weight is 957 g/mol. The molecule has 2 N–H and O–H groups in total. The number of nitrogens with one attached hydrogen (secondary N) is 2. The number of ether oxygens (including phenoxy) is 3. The Bertz CT molecular complexity index is 1570. The van der Waals surface area contributed by atoms with Crippen molar-refractivity contribution in [2.75, 3.05) is 19.8 Å². The van der Waals surface area contributed by atoms with Crippen LogP contribution in [-0.4, -0.2) is 110 Å². The van der Waals surface area contributed by atoms with Crippen LogP contribution in [0.25, 0.3) is 0 Å².